The van der Waals surface area contributed by atoms with E-state index in [0.29, 0.717) is 22.3 Å². The molecule has 0 unspecified atom stereocenters. The molecular formula is C15H13Cl2NO4S3. The summed E-state index contributed by atoms with van der Waals surface area (Å²) in [6.07, 6.45) is 0. The molecule has 10 heteroatoms. The Bertz CT molecular complexity index is 913. The predicted octanol–water partition coefficient (Wildman–Crippen LogP) is 4.28. The monoisotopic (exact) mass is 437 g/mol. The molecular weight excluding hydrogens is 425 g/mol. The van der Waals surface area contributed by atoms with Crippen LogP contribution in [0.2, 0.25) is 10.0 Å². The topological polar surface area (TPSA) is 63.7 Å². The number of carbonyl (C=O) groups excluding carboxylic acids is 1. The molecule has 0 amide bonds. The standard InChI is InChI=1S/C15H13Cl2NO4S3/c1-22-15(19)13-12(4-6-23-13)25(20,21)18-5-7-24-14(18)9-2-3-10(16)11(17)8-9/h2-4,6,8,14H,5,7H2,1H3/t14-/m0/s1. The van der Waals surface area contributed by atoms with E-state index < -0.39 is 21.4 Å². The Morgan fingerprint density at radius 3 is 2.72 bits per heavy atom. The zero-order valence-corrected chi connectivity index (χ0v) is 16.9. The lowest BCUT2D eigenvalue weighted by atomic mass is 10.2. The smallest absolute Gasteiger partial charge is 0.349 e. The van der Waals surface area contributed by atoms with E-state index in [-0.39, 0.29) is 9.77 Å². The maximum Gasteiger partial charge on any atom is 0.349 e. The Morgan fingerprint density at radius 1 is 1.28 bits per heavy atom. The highest BCUT2D eigenvalue weighted by molar-refractivity contribution is 8.01. The molecule has 3 rings (SSSR count). The van der Waals surface area contributed by atoms with Crippen LogP contribution in [-0.4, -0.2) is 38.1 Å². The van der Waals surface area contributed by atoms with Gasteiger partial charge in [0.15, 0.2) is 0 Å². The number of benzene rings is 1. The lowest BCUT2D eigenvalue weighted by Gasteiger charge is -2.23. The number of nitrogens with zero attached hydrogens (tertiary/aromatic N) is 1. The molecule has 2 heterocycles. The normalized spacial score (nSPS) is 18.4. The van der Waals surface area contributed by atoms with Crippen molar-refractivity contribution in [1.82, 2.24) is 4.31 Å². The Morgan fingerprint density at radius 2 is 2.04 bits per heavy atom. The quantitative estimate of drug-likeness (QED) is 0.667. The summed E-state index contributed by atoms with van der Waals surface area (Å²) in [7, 11) is -2.63. The first-order chi connectivity index (χ1) is 11.9. The number of carbonyl (C=O) groups is 1. The Kier molecular flexibility index (Phi) is 5.67. The molecule has 134 valence electrons. The molecule has 0 N–H and O–H groups in total. The second-order valence-electron chi connectivity index (χ2n) is 5.12. The second-order valence-corrected chi connectivity index (χ2v) is 9.90. The van der Waals surface area contributed by atoms with Gasteiger partial charge in [0, 0.05) is 12.3 Å². The number of halogens is 2. The maximum absolute atomic E-state index is 13.1. The summed E-state index contributed by atoms with van der Waals surface area (Å²) < 4.78 is 32.3. The fourth-order valence-corrected chi connectivity index (χ4v) is 7.34. The molecule has 1 aliphatic rings. The van der Waals surface area contributed by atoms with Crippen molar-refractivity contribution in [2.75, 3.05) is 19.4 Å². The highest BCUT2D eigenvalue weighted by Crippen LogP contribution is 2.43. The number of hydrogen-bond donors (Lipinski definition) is 0. The van der Waals surface area contributed by atoms with Gasteiger partial charge in [0.05, 0.1) is 22.5 Å². The van der Waals surface area contributed by atoms with Crippen molar-refractivity contribution in [2.24, 2.45) is 0 Å². The molecule has 1 aliphatic heterocycles. The number of sulfonamides is 1. The van der Waals surface area contributed by atoms with Crippen LogP contribution >= 0.6 is 46.3 Å². The molecule has 5 nitrogen and oxygen atoms in total. The van der Waals surface area contributed by atoms with Crippen molar-refractivity contribution >= 4 is 62.3 Å². The van der Waals surface area contributed by atoms with Gasteiger partial charge in [-0.25, -0.2) is 13.2 Å². The van der Waals surface area contributed by atoms with E-state index in [1.807, 2.05) is 0 Å². The molecule has 1 saturated heterocycles. The minimum Gasteiger partial charge on any atom is -0.465 e. The molecule has 0 aliphatic carbocycles. The number of hydrogen-bond acceptors (Lipinski definition) is 6. The minimum absolute atomic E-state index is 0.0306. The van der Waals surface area contributed by atoms with Crippen molar-refractivity contribution in [3.63, 3.8) is 0 Å². The zero-order chi connectivity index (χ0) is 18.2. The third-order valence-corrected chi connectivity index (χ3v) is 8.73. The van der Waals surface area contributed by atoms with Crippen LogP contribution in [0, 0.1) is 0 Å². The van der Waals surface area contributed by atoms with Crippen LogP contribution in [0.4, 0.5) is 0 Å². The van der Waals surface area contributed by atoms with Gasteiger partial charge >= 0.3 is 5.97 Å². The van der Waals surface area contributed by atoms with Crippen molar-refractivity contribution in [1.29, 1.82) is 0 Å². The molecule has 2 aromatic rings. The van der Waals surface area contributed by atoms with Crippen LogP contribution in [0.1, 0.15) is 20.6 Å². The molecule has 0 bridgehead atoms. The number of ether oxygens (including phenoxy) is 1. The van der Waals surface area contributed by atoms with E-state index in [1.165, 1.54) is 29.2 Å². The van der Waals surface area contributed by atoms with E-state index in [2.05, 4.69) is 4.74 Å². The van der Waals surface area contributed by atoms with Crippen LogP contribution in [0.15, 0.2) is 34.5 Å². The SMILES string of the molecule is COC(=O)c1sccc1S(=O)(=O)N1CCS[C@H]1c1ccc(Cl)c(Cl)c1. The molecule has 25 heavy (non-hydrogen) atoms. The average Bonchev–Trinajstić information content (AvgIpc) is 3.26. The first kappa shape index (κ1) is 19.0. The summed E-state index contributed by atoms with van der Waals surface area (Å²) in [6.45, 7) is 0.342. The van der Waals surface area contributed by atoms with E-state index >= 15 is 0 Å². The maximum atomic E-state index is 13.1. The number of methoxy groups -OCH3 is 1. The molecule has 1 atom stereocenters. The first-order valence-electron chi connectivity index (χ1n) is 7.10. The van der Waals surface area contributed by atoms with E-state index in [9.17, 15) is 13.2 Å². The van der Waals surface area contributed by atoms with Gasteiger partial charge in [-0.15, -0.1) is 23.1 Å². The van der Waals surface area contributed by atoms with Crippen LogP contribution in [0.25, 0.3) is 0 Å². The number of rotatable bonds is 4. The van der Waals surface area contributed by atoms with Gasteiger partial charge < -0.3 is 4.74 Å². The van der Waals surface area contributed by atoms with Crippen molar-refractivity contribution in [3.05, 3.63) is 50.1 Å². The molecule has 1 aromatic heterocycles. The summed E-state index contributed by atoms with van der Waals surface area (Å²) in [5.74, 6) is -0.0199. The number of thioether (sulfide) groups is 1. The molecule has 1 aromatic carbocycles. The van der Waals surface area contributed by atoms with Gasteiger partial charge in [-0.3, -0.25) is 0 Å². The first-order valence-corrected chi connectivity index (χ1v) is 11.2. The van der Waals surface area contributed by atoms with Crippen LogP contribution < -0.4 is 0 Å². The van der Waals surface area contributed by atoms with Crippen LogP contribution in [-0.2, 0) is 14.8 Å². The summed E-state index contributed by atoms with van der Waals surface area (Å²) in [4.78, 5) is 11.9. The Labute approximate surface area is 163 Å². The largest absolute Gasteiger partial charge is 0.465 e. The van der Waals surface area contributed by atoms with Gasteiger partial charge in [0.2, 0.25) is 10.0 Å². The lowest BCUT2D eigenvalue weighted by Crippen LogP contribution is -2.31. The summed E-state index contributed by atoms with van der Waals surface area (Å²) in [6, 6.07) is 6.51. The molecule has 0 saturated carbocycles. The van der Waals surface area contributed by atoms with Crippen molar-refractivity contribution < 1.29 is 17.9 Å². The third kappa shape index (κ3) is 3.56. The van der Waals surface area contributed by atoms with Crippen molar-refractivity contribution in [3.8, 4) is 0 Å². The fraction of sp³-hybridized carbons (Fsp3) is 0.267. The average molecular weight is 438 g/mol. The zero-order valence-electron chi connectivity index (χ0n) is 12.9. The highest BCUT2D eigenvalue weighted by Gasteiger charge is 2.39. The van der Waals surface area contributed by atoms with E-state index in [0.717, 1.165) is 16.9 Å². The van der Waals surface area contributed by atoms with Crippen LogP contribution in [0.3, 0.4) is 0 Å². The lowest BCUT2D eigenvalue weighted by molar-refractivity contribution is 0.0602. The Balaban J connectivity index is 2.00. The molecule has 0 radical (unpaired) electrons. The van der Waals surface area contributed by atoms with Gasteiger partial charge in [-0.2, -0.15) is 4.31 Å². The van der Waals surface area contributed by atoms with Crippen LogP contribution in [0.5, 0.6) is 0 Å². The summed E-state index contributed by atoms with van der Waals surface area (Å²) in [5, 5.41) is 1.92. The summed E-state index contributed by atoms with van der Waals surface area (Å²) in [5.41, 5.74) is 0.746. The van der Waals surface area contributed by atoms with Gasteiger partial charge in [-0.05, 0) is 29.1 Å². The fourth-order valence-electron chi connectivity index (χ4n) is 2.50. The molecule has 0 spiro atoms. The van der Waals surface area contributed by atoms with E-state index in [4.69, 9.17) is 23.2 Å². The summed E-state index contributed by atoms with van der Waals surface area (Å²) >= 11 is 14.6. The van der Waals surface area contributed by atoms with Gasteiger partial charge in [0.1, 0.15) is 9.77 Å². The number of esters is 1. The second kappa shape index (κ2) is 7.46. The number of thiophene rings is 1. The third-order valence-electron chi connectivity index (χ3n) is 3.66. The highest BCUT2D eigenvalue weighted by atomic mass is 35.5. The van der Waals surface area contributed by atoms with Gasteiger partial charge in [-0.1, -0.05) is 29.3 Å². The molecule has 1 fully saturated rings. The Hall–Kier alpha value is -0.770. The van der Waals surface area contributed by atoms with E-state index in [1.54, 1.807) is 23.6 Å². The minimum atomic E-state index is -3.86. The predicted molar refractivity (Wildman–Crippen MR) is 101 cm³/mol. The van der Waals surface area contributed by atoms with Gasteiger partial charge in [0.25, 0.3) is 0 Å². The van der Waals surface area contributed by atoms with Crippen molar-refractivity contribution in [2.45, 2.75) is 10.3 Å².